The van der Waals surface area contributed by atoms with E-state index in [1.807, 2.05) is 6.92 Å². The summed E-state index contributed by atoms with van der Waals surface area (Å²) in [6, 6.07) is 1.58. The van der Waals surface area contributed by atoms with E-state index in [4.69, 9.17) is 5.11 Å². The average molecular weight is 289 g/mol. The first kappa shape index (κ1) is 14.3. The highest BCUT2D eigenvalue weighted by Crippen LogP contribution is 2.16. The van der Waals surface area contributed by atoms with Gasteiger partial charge in [0, 0.05) is 17.8 Å². The molecule has 1 atom stereocenters. The van der Waals surface area contributed by atoms with Crippen LogP contribution in [0.1, 0.15) is 40.4 Å². The Bertz CT molecular complexity index is 622. The molecule has 2 aromatic rings. The van der Waals surface area contributed by atoms with Crippen LogP contribution >= 0.6 is 11.3 Å². The lowest BCUT2D eigenvalue weighted by atomic mass is 10.2. The van der Waals surface area contributed by atoms with Gasteiger partial charge >= 0.3 is 0 Å². The van der Waals surface area contributed by atoms with Gasteiger partial charge in [-0.05, 0) is 12.5 Å². The molecule has 0 aliphatic carbocycles. The lowest BCUT2D eigenvalue weighted by Crippen LogP contribution is -2.28. The standard InChI is InChI=1S/C14H15N3O2S/c1-2-12(13-15-5-6-16-13)17-14(19)10-8-11(20-9-10)4-3-7-18/h5-6,8-9,12,18H,2,7H2,1H3,(H,15,16)(H,17,19). The summed E-state index contributed by atoms with van der Waals surface area (Å²) in [4.78, 5) is 20.1. The van der Waals surface area contributed by atoms with E-state index in [1.54, 1.807) is 23.8 Å². The number of carbonyl (C=O) groups is 1. The average Bonchev–Trinajstić information content (AvgIpc) is 3.13. The van der Waals surface area contributed by atoms with Crippen LogP contribution in [0, 0.1) is 11.8 Å². The Hall–Kier alpha value is -2.10. The highest BCUT2D eigenvalue weighted by Gasteiger charge is 2.16. The second-order valence-corrected chi connectivity index (χ2v) is 4.98. The van der Waals surface area contributed by atoms with Crippen LogP contribution in [0.4, 0.5) is 0 Å². The first-order valence-electron chi connectivity index (χ1n) is 6.23. The number of H-pyrrole nitrogens is 1. The van der Waals surface area contributed by atoms with Crippen molar-refractivity contribution < 1.29 is 9.90 Å². The van der Waals surface area contributed by atoms with Crippen molar-refractivity contribution in [3.8, 4) is 11.8 Å². The first-order chi connectivity index (χ1) is 9.74. The SMILES string of the molecule is CCC(NC(=O)c1csc(C#CCO)c1)c1ncc[nH]1. The summed E-state index contributed by atoms with van der Waals surface area (Å²) in [5.74, 6) is 5.94. The largest absolute Gasteiger partial charge is 0.384 e. The van der Waals surface area contributed by atoms with E-state index in [0.717, 1.165) is 17.1 Å². The van der Waals surface area contributed by atoms with Crippen LogP contribution < -0.4 is 5.32 Å². The number of imidazole rings is 1. The van der Waals surface area contributed by atoms with Gasteiger partial charge in [-0.25, -0.2) is 4.98 Å². The topological polar surface area (TPSA) is 78.0 Å². The molecule has 20 heavy (non-hydrogen) atoms. The molecule has 0 fully saturated rings. The minimum absolute atomic E-state index is 0.135. The molecule has 2 rings (SSSR count). The molecule has 1 amide bonds. The number of aromatic nitrogens is 2. The molecule has 5 nitrogen and oxygen atoms in total. The van der Waals surface area contributed by atoms with Gasteiger partial charge in [0.05, 0.1) is 16.5 Å². The molecule has 2 aromatic heterocycles. The fourth-order valence-corrected chi connectivity index (χ4v) is 2.48. The number of amides is 1. The maximum Gasteiger partial charge on any atom is 0.252 e. The molecular weight excluding hydrogens is 274 g/mol. The molecule has 2 heterocycles. The van der Waals surface area contributed by atoms with Crippen LogP contribution in [0.3, 0.4) is 0 Å². The van der Waals surface area contributed by atoms with E-state index in [-0.39, 0.29) is 18.6 Å². The fraction of sp³-hybridized carbons (Fsp3) is 0.286. The summed E-state index contributed by atoms with van der Waals surface area (Å²) in [5, 5.41) is 13.3. The number of hydrogen-bond acceptors (Lipinski definition) is 4. The number of aromatic amines is 1. The predicted molar refractivity (Wildman–Crippen MR) is 77.4 cm³/mol. The molecule has 3 N–H and O–H groups in total. The van der Waals surface area contributed by atoms with Gasteiger partial charge in [-0.1, -0.05) is 18.8 Å². The quantitative estimate of drug-likeness (QED) is 0.750. The second kappa shape index (κ2) is 6.89. The van der Waals surface area contributed by atoms with Crippen molar-refractivity contribution in [2.24, 2.45) is 0 Å². The summed E-state index contributed by atoms with van der Waals surface area (Å²) in [7, 11) is 0. The number of carbonyl (C=O) groups excluding carboxylic acids is 1. The number of hydrogen-bond donors (Lipinski definition) is 3. The number of nitrogens with one attached hydrogen (secondary N) is 2. The van der Waals surface area contributed by atoms with Gasteiger partial charge in [0.1, 0.15) is 12.4 Å². The van der Waals surface area contributed by atoms with Crippen LogP contribution in [0.2, 0.25) is 0 Å². The molecule has 0 aliphatic heterocycles. The molecule has 0 spiro atoms. The minimum atomic E-state index is -0.185. The monoisotopic (exact) mass is 289 g/mol. The first-order valence-corrected chi connectivity index (χ1v) is 7.11. The van der Waals surface area contributed by atoms with E-state index in [0.29, 0.717) is 5.56 Å². The number of rotatable bonds is 4. The third-order valence-corrected chi connectivity index (χ3v) is 3.56. The van der Waals surface area contributed by atoms with Crippen molar-refractivity contribution in [2.75, 3.05) is 6.61 Å². The fourth-order valence-electron chi connectivity index (χ4n) is 1.72. The van der Waals surface area contributed by atoms with Crippen LogP contribution in [0.25, 0.3) is 0 Å². The maximum atomic E-state index is 12.2. The van der Waals surface area contributed by atoms with Crippen molar-refractivity contribution in [3.05, 3.63) is 40.1 Å². The lowest BCUT2D eigenvalue weighted by molar-refractivity contribution is 0.0934. The zero-order chi connectivity index (χ0) is 14.4. The number of aliphatic hydroxyl groups is 1. The van der Waals surface area contributed by atoms with E-state index < -0.39 is 0 Å². The second-order valence-electron chi connectivity index (χ2n) is 4.07. The molecule has 0 bridgehead atoms. The van der Waals surface area contributed by atoms with Crippen molar-refractivity contribution in [1.29, 1.82) is 0 Å². The van der Waals surface area contributed by atoms with Gasteiger partial charge in [0.2, 0.25) is 0 Å². The predicted octanol–water partition coefficient (Wildman–Crippen LogP) is 1.70. The normalized spacial score (nSPS) is 11.5. The van der Waals surface area contributed by atoms with Gasteiger partial charge in [-0.15, -0.1) is 11.3 Å². The van der Waals surface area contributed by atoms with Crippen LogP contribution in [-0.4, -0.2) is 27.6 Å². The highest BCUT2D eigenvalue weighted by molar-refractivity contribution is 7.10. The van der Waals surface area contributed by atoms with Crippen LogP contribution in [0.15, 0.2) is 23.8 Å². The Balaban J connectivity index is 2.05. The molecule has 6 heteroatoms. The van der Waals surface area contributed by atoms with E-state index in [9.17, 15) is 4.79 Å². The molecule has 1 unspecified atom stereocenters. The Morgan fingerprint density at radius 2 is 2.50 bits per heavy atom. The lowest BCUT2D eigenvalue weighted by Gasteiger charge is -2.13. The van der Waals surface area contributed by atoms with Gasteiger partial charge in [0.15, 0.2) is 0 Å². The smallest absolute Gasteiger partial charge is 0.252 e. The third kappa shape index (κ3) is 3.47. The Kier molecular flexibility index (Phi) is 4.93. The Labute approximate surface area is 121 Å². The molecule has 0 aliphatic rings. The van der Waals surface area contributed by atoms with E-state index in [2.05, 4.69) is 27.1 Å². The van der Waals surface area contributed by atoms with Crippen molar-refractivity contribution in [3.63, 3.8) is 0 Å². The molecule has 0 radical (unpaired) electrons. The number of nitrogens with zero attached hydrogens (tertiary/aromatic N) is 1. The van der Waals surface area contributed by atoms with Gasteiger partial charge in [-0.3, -0.25) is 4.79 Å². The maximum absolute atomic E-state index is 12.2. The van der Waals surface area contributed by atoms with Crippen molar-refractivity contribution in [2.45, 2.75) is 19.4 Å². The Morgan fingerprint density at radius 1 is 1.65 bits per heavy atom. The van der Waals surface area contributed by atoms with Crippen molar-refractivity contribution in [1.82, 2.24) is 15.3 Å². The van der Waals surface area contributed by atoms with E-state index in [1.165, 1.54) is 11.3 Å². The number of thiophene rings is 1. The molecule has 0 saturated heterocycles. The summed E-state index contributed by atoms with van der Waals surface area (Å²) in [5.41, 5.74) is 0.572. The zero-order valence-corrected chi connectivity index (χ0v) is 11.8. The highest BCUT2D eigenvalue weighted by atomic mass is 32.1. The minimum Gasteiger partial charge on any atom is -0.384 e. The summed E-state index contributed by atoms with van der Waals surface area (Å²) in [6.45, 7) is 1.80. The molecule has 0 aromatic carbocycles. The summed E-state index contributed by atoms with van der Waals surface area (Å²) < 4.78 is 0. The molecule has 104 valence electrons. The number of aliphatic hydroxyl groups excluding tert-OH is 1. The van der Waals surface area contributed by atoms with E-state index >= 15 is 0 Å². The Morgan fingerprint density at radius 3 is 3.15 bits per heavy atom. The van der Waals surface area contributed by atoms with Gasteiger partial charge < -0.3 is 15.4 Å². The van der Waals surface area contributed by atoms with Gasteiger partial charge in [0.25, 0.3) is 5.91 Å². The summed E-state index contributed by atoms with van der Waals surface area (Å²) in [6.07, 6.45) is 4.15. The third-order valence-electron chi connectivity index (χ3n) is 2.72. The molecule has 0 saturated carbocycles. The zero-order valence-electron chi connectivity index (χ0n) is 11.0. The van der Waals surface area contributed by atoms with Crippen LogP contribution in [0.5, 0.6) is 0 Å². The summed E-state index contributed by atoms with van der Waals surface area (Å²) >= 11 is 1.38. The van der Waals surface area contributed by atoms with Crippen molar-refractivity contribution >= 4 is 17.2 Å². The van der Waals surface area contributed by atoms with Crippen LogP contribution in [-0.2, 0) is 0 Å². The van der Waals surface area contributed by atoms with Gasteiger partial charge in [-0.2, -0.15) is 0 Å². The molecular formula is C14H15N3O2S.